The molecule has 3 aromatic carbocycles. The maximum absolute atomic E-state index is 8.96. The minimum absolute atomic E-state index is 0.177. The number of nitrogens with one attached hydrogen (secondary N) is 1. The van der Waals surface area contributed by atoms with Gasteiger partial charge in [0.2, 0.25) is 0 Å². The molecule has 0 aliphatic rings. The molecule has 0 unspecified atom stereocenters. The third kappa shape index (κ3) is 4.49. The first-order valence-corrected chi connectivity index (χ1v) is 9.34. The first-order chi connectivity index (χ1) is 12.7. The van der Waals surface area contributed by atoms with Crippen LogP contribution in [0.2, 0.25) is 10.0 Å². The van der Waals surface area contributed by atoms with E-state index in [1.165, 1.54) is 0 Å². The second kappa shape index (κ2) is 9.24. The van der Waals surface area contributed by atoms with Crippen molar-refractivity contribution < 1.29 is 9.84 Å². The molecule has 0 aliphatic heterocycles. The summed E-state index contributed by atoms with van der Waals surface area (Å²) in [5.41, 5.74) is 1.87. The van der Waals surface area contributed by atoms with Crippen molar-refractivity contribution in [1.29, 1.82) is 0 Å². The predicted molar refractivity (Wildman–Crippen MR) is 108 cm³/mol. The van der Waals surface area contributed by atoms with Crippen LogP contribution in [0.1, 0.15) is 17.5 Å². The molecule has 2 N–H and O–H groups in total. The van der Waals surface area contributed by atoms with Gasteiger partial charge in [-0.15, -0.1) is 0 Å². The number of benzene rings is 3. The number of halogens is 2. The van der Waals surface area contributed by atoms with Crippen LogP contribution in [0.4, 0.5) is 0 Å². The number of aliphatic hydroxyl groups is 1. The molecule has 0 saturated heterocycles. The minimum atomic E-state index is 0.177. The zero-order valence-corrected chi connectivity index (χ0v) is 15.9. The molecule has 0 amide bonds. The van der Waals surface area contributed by atoms with Gasteiger partial charge in [-0.3, -0.25) is 0 Å². The van der Waals surface area contributed by atoms with Crippen LogP contribution in [0.5, 0.6) is 5.75 Å². The quantitative estimate of drug-likeness (QED) is 0.520. The fourth-order valence-electron chi connectivity index (χ4n) is 2.87. The smallest absolute Gasteiger partial charge is 0.124 e. The third-order valence-electron chi connectivity index (χ3n) is 4.24. The summed E-state index contributed by atoms with van der Waals surface area (Å²) in [4.78, 5) is 0. The fraction of sp³-hybridized carbons (Fsp3) is 0.238. The average Bonchev–Trinajstić information content (AvgIpc) is 2.65. The van der Waals surface area contributed by atoms with Gasteiger partial charge >= 0.3 is 0 Å². The monoisotopic (exact) mass is 389 g/mol. The summed E-state index contributed by atoms with van der Waals surface area (Å²) in [7, 11) is 0. The summed E-state index contributed by atoms with van der Waals surface area (Å²) in [6, 6.07) is 17.7. The van der Waals surface area contributed by atoms with E-state index in [9.17, 15) is 0 Å². The van der Waals surface area contributed by atoms with Crippen molar-refractivity contribution in [1.82, 2.24) is 5.32 Å². The Kier molecular flexibility index (Phi) is 6.75. The van der Waals surface area contributed by atoms with Crippen LogP contribution in [0.3, 0.4) is 0 Å². The normalized spacial score (nSPS) is 11.0. The molecule has 0 aliphatic carbocycles. The molecule has 0 aromatic heterocycles. The second-order valence-corrected chi connectivity index (χ2v) is 6.82. The average molecular weight is 390 g/mol. The Balaban J connectivity index is 1.86. The summed E-state index contributed by atoms with van der Waals surface area (Å²) < 4.78 is 6.09. The summed E-state index contributed by atoms with van der Waals surface area (Å²) in [5.74, 6) is 0.802. The number of fused-ring (bicyclic) bond motifs is 1. The van der Waals surface area contributed by atoms with Gasteiger partial charge in [-0.1, -0.05) is 59.6 Å². The van der Waals surface area contributed by atoms with Crippen LogP contribution in [0, 0.1) is 0 Å². The van der Waals surface area contributed by atoms with Gasteiger partial charge in [0.1, 0.15) is 12.4 Å². The highest BCUT2D eigenvalue weighted by atomic mass is 35.5. The summed E-state index contributed by atoms with van der Waals surface area (Å²) >= 11 is 12.5. The largest absolute Gasteiger partial charge is 0.488 e. The van der Waals surface area contributed by atoms with Crippen LogP contribution in [0.15, 0.2) is 54.6 Å². The van der Waals surface area contributed by atoms with E-state index < -0.39 is 0 Å². The molecule has 3 nitrogen and oxygen atoms in total. The molecule has 0 heterocycles. The van der Waals surface area contributed by atoms with Crippen LogP contribution in [-0.4, -0.2) is 18.3 Å². The van der Waals surface area contributed by atoms with Gasteiger partial charge in [0.15, 0.2) is 0 Å². The molecule has 0 fully saturated rings. The highest BCUT2D eigenvalue weighted by molar-refractivity contribution is 6.35. The zero-order valence-electron chi connectivity index (χ0n) is 14.3. The summed E-state index contributed by atoms with van der Waals surface area (Å²) in [6.45, 7) is 1.89. The predicted octanol–water partition coefficient (Wildman–Crippen LogP) is 5.20. The third-order valence-corrected chi connectivity index (χ3v) is 4.95. The van der Waals surface area contributed by atoms with Crippen molar-refractivity contribution in [2.75, 3.05) is 13.2 Å². The van der Waals surface area contributed by atoms with Crippen molar-refractivity contribution in [2.24, 2.45) is 0 Å². The lowest BCUT2D eigenvalue weighted by Gasteiger charge is -2.16. The molecule has 26 heavy (non-hydrogen) atoms. The standard InChI is InChI=1S/C21H21Cl2NO2/c22-19-7-3-8-20(23)18(19)14-26-21-10-9-15-5-1-2-6-16(15)17(21)13-24-11-4-12-25/h1-3,5-10,24-25H,4,11-14H2. The maximum Gasteiger partial charge on any atom is 0.124 e. The number of ether oxygens (including phenoxy) is 1. The number of hydrogen-bond donors (Lipinski definition) is 2. The lowest BCUT2D eigenvalue weighted by atomic mass is 10.0. The Morgan fingerprint density at radius 3 is 2.42 bits per heavy atom. The molecule has 0 radical (unpaired) electrons. The highest BCUT2D eigenvalue weighted by Gasteiger charge is 2.11. The van der Waals surface area contributed by atoms with Gasteiger partial charge in [0, 0.05) is 34.3 Å². The Hall–Kier alpha value is -1.78. The van der Waals surface area contributed by atoms with Crippen molar-refractivity contribution in [2.45, 2.75) is 19.6 Å². The van der Waals surface area contributed by atoms with E-state index in [0.717, 1.165) is 40.6 Å². The molecule has 136 valence electrons. The summed E-state index contributed by atoms with van der Waals surface area (Å²) in [5, 5.41) is 15.8. The first kappa shape index (κ1) is 19.0. The van der Waals surface area contributed by atoms with Gasteiger partial charge in [-0.25, -0.2) is 0 Å². The fourth-order valence-corrected chi connectivity index (χ4v) is 3.38. The SMILES string of the molecule is OCCCNCc1c(OCc2c(Cl)cccc2Cl)ccc2ccccc12. The van der Waals surface area contributed by atoms with Crippen LogP contribution in [0.25, 0.3) is 10.8 Å². The van der Waals surface area contributed by atoms with E-state index >= 15 is 0 Å². The Labute approximate surface area is 163 Å². The number of rotatable bonds is 8. The topological polar surface area (TPSA) is 41.5 Å². The first-order valence-electron chi connectivity index (χ1n) is 8.58. The molecular formula is C21H21Cl2NO2. The lowest BCUT2D eigenvalue weighted by Crippen LogP contribution is -2.16. The Morgan fingerprint density at radius 2 is 1.65 bits per heavy atom. The molecule has 0 spiro atoms. The lowest BCUT2D eigenvalue weighted by molar-refractivity contribution is 0.285. The summed E-state index contributed by atoms with van der Waals surface area (Å²) in [6.07, 6.45) is 0.718. The van der Waals surface area contributed by atoms with E-state index in [2.05, 4.69) is 23.5 Å². The molecule has 0 saturated carbocycles. The molecule has 3 aromatic rings. The van der Waals surface area contributed by atoms with Crippen LogP contribution in [-0.2, 0) is 13.2 Å². The van der Waals surface area contributed by atoms with Gasteiger partial charge in [-0.2, -0.15) is 0 Å². The zero-order chi connectivity index (χ0) is 18.4. The Bertz CT molecular complexity index is 863. The van der Waals surface area contributed by atoms with E-state index in [1.807, 2.05) is 36.4 Å². The van der Waals surface area contributed by atoms with Crippen LogP contribution < -0.4 is 10.1 Å². The molecule has 0 bridgehead atoms. The highest BCUT2D eigenvalue weighted by Crippen LogP contribution is 2.31. The molecule has 3 rings (SSSR count). The van der Waals surface area contributed by atoms with E-state index in [0.29, 0.717) is 23.2 Å². The molecule has 5 heteroatoms. The maximum atomic E-state index is 8.96. The van der Waals surface area contributed by atoms with Gasteiger partial charge in [-0.05, 0) is 41.9 Å². The van der Waals surface area contributed by atoms with Crippen molar-refractivity contribution >= 4 is 34.0 Å². The second-order valence-electron chi connectivity index (χ2n) is 6.01. The molecule has 0 atom stereocenters. The van der Waals surface area contributed by atoms with E-state index in [4.69, 9.17) is 33.0 Å². The van der Waals surface area contributed by atoms with Crippen LogP contribution >= 0.6 is 23.2 Å². The van der Waals surface area contributed by atoms with Gasteiger partial charge in [0.05, 0.1) is 0 Å². The number of hydrogen-bond acceptors (Lipinski definition) is 3. The Morgan fingerprint density at radius 1 is 0.885 bits per heavy atom. The molecular weight excluding hydrogens is 369 g/mol. The van der Waals surface area contributed by atoms with Crippen molar-refractivity contribution in [3.05, 3.63) is 75.8 Å². The van der Waals surface area contributed by atoms with Gasteiger partial charge < -0.3 is 15.2 Å². The van der Waals surface area contributed by atoms with Crippen molar-refractivity contribution in [3.63, 3.8) is 0 Å². The van der Waals surface area contributed by atoms with E-state index in [1.54, 1.807) is 0 Å². The van der Waals surface area contributed by atoms with Crippen molar-refractivity contribution in [3.8, 4) is 5.75 Å². The number of aliphatic hydroxyl groups excluding tert-OH is 1. The minimum Gasteiger partial charge on any atom is -0.488 e. The van der Waals surface area contributed by atoms with E-state index in [-0.39, 0.29) is 6.61 Å². The van der Waals surface area contributed by atoms with Gasteiger partial charge in [0.25, 0.3) is 0 Å².